The van der Waals surface area contributed by atoms with Crippen molar-refractivity contribution in [2.24, 2.45) is 0 Å². The molecule has 1 unspecified atom stereocenters. The third kappa shape index (κ3) is 2.09. The number of imide groups is 2. The molecule has 0 aromatic heterocycles. The molecule has 4 amide bonds. The number of nitrogens with one attached hydrogen (secondary N) is 1. The van der Waals surface area contributed by atoms with Crippen molar-refractivity contribution in [1.29, 1.82) is 0 Å². The molecule has 1 atom stereocenters. The van der Waals surface area contributed by atoms with Gasteiger partial charge in [0.15, 0.2) is 0 Å². The second-order valence-electron chi connectivity index (χ2n) is 6.38. The SMILES string of the molecule is O=C1CCC(N2C(=O)c3ccc(C4CCC4)cc3C2=O)C(=O)N1. The number of nitrogens with zero attached hydrogens (tertiary/aromatic N) is 1. The molecule has 4 rings (SSSR count). The van der Waals surface area contributed by atoms with E-state index in [1.807, 2.05) is 6.07 Å². The average Bonchev–Trinajstić information content (AvgIpc) is 2.70. The van der Waals surface area contributed by atoms with Crippen molar-refractivity contribution in [2.45, 2.75) is 44.1 Å². The van der Waals surface area contributed by atoms with Gasteiger partial charge in [-0.2, -0.15) is 0 Å². The number of benzene rings is 1. The van der Waals surface area contributed by atoms with Crippen molar-refractivity contribution in [3.63, 3.8) is 0 Å². The highest BCUT2D eigenvalue weighted by atomic mass is 16.2. The first-order valence-corrected chi connectivity index (χ1v) is 7.92. The Morgan fingerprint density at radius 1 is 0.957 bits per heavy atom. The summed E-state index contributed by atoms with van der Waals surface area (Å²) in [7, 11) is 0. The molecular weight excluding hydrogens is 296 g/mol. The van der Waals surface area contributed by atoms with Gasteiger partial charge in [-0.05, 0) is 42.9 Å². The number of fused-ring (bicyclic) bond motifs is 1. The van der Waals surface area contributed by atoms with Crippen LogP contribution in [0.25, 0.3) is 0 Å². The lowest BCUT2D eigenvalue weighted by Gasteiger charge is -2.27. The highest BCUT2D eigenvalue weighted by molar-refractivity contribution is 6.23. The summed E-state index contributed by atoms with van der Waals surface area (Å²) in [4.78, 5) is 49.4. The normalized spacial score (nSPS) is 24.5. The Hall–Kier alpha value is -2.50. The van der Waals surface area contributed by atoms with Gasteiger partial charge in [-0.3, -0.25) is 29.4 Å². The first-order chi connectivity index (χ1) is 11.1. The summed E-state index contributed by atoms with van der Waals surface area (Å²) in [6.07, 6.45) is 3.73. The van der Waals surface area contributed by atoms with E-state index in [0.717, 1.165) is 23.3 Å². The molecule has 2 fully saturated rings. The number of piperidine rings is 1. The zero-order chi connectivity index (χ0) is 16.1. The van der Waals surface area contributed by atoms with Gasteiger partial charge in [0, 0.05) is 6.42 Å². The Labute approximate surface area is 132 Å². The molecule has 1 N–H and O–H groups in total. The van der Waals surface area contributed by atoms with Crippen molar-refractivity contribution in [2.75, 3.05) is 0 Å². The Morgan fingerprint density at radius 3 is 2.35 bits per heavy atom. The van der Waals surface area contributed by atoms with Crippen LogP contribution in [0, 0.1) is 0 Å². The molecule has 6 nitrogen and oxygen atoms in total. The first kappa shape index (κ1) is 14.1. The van der Waals surface area contributed by atoms with Crippen LogP contribution in [0.15, 0.2) is 18.2 Å². The summed E-state index contributed by atoms with van der Waals surface area (Å²) in [5, 5.41) is 2.20. The van der Waals surface area contributed by atoms with Crippen LogP contribution < -0.4 is 5.32 Å². The van der Waals surface area contributed by atoms with Gasteiger partial charge in [0.2, 0.25) is 11.8 Å². The Morgan fingerprint density at radius 2 is 1.70 bits per heavy atom. The summed E-state index contributed by atoms with van der Waals surface area (Å²) >= 11 is 0. The lowest BCUT2D eigenvalue weighted by Crippen LogP contribution is -2.54. The molecule has 2 heterocycles. The molecule has 23 heavy (non-hydrogen) atoms. The van der Waals surface area contributed by atoms with Gasteiger partial charge in [0.05, 0.1) is 11.1 Å². The molecule has 118 valence electrons. The van der Waals surface area contributed by atoms with E-state index < -0.39 is 23.8 Å². The molecule has 0 bridgehead atoms. The molecule has 0 radical (unpaired) electrons. The number of hydrogen-bond donors (Lipinski definition) is 1. The summed E-state index contributed by atoms with van der Waals surface area (Å²) in [5.41, 5.74) is 1.81. The van der Waals surface area contributed by atoms with Crippen molar-refractivity contribution in [1.82, 2.24) is 10.2 Å². The lowest BCUT2D eigenvalue weighted by molar-refractivity contribution is -0.136. The van der Waals surface area contributed by atoms with Gasteiger partial charge >= 0.3 is 0 Å². The van der Waals surface area contributed by atoms with E-state index in [9.17, 15) is 19.2 Å². The minimum absolute atomic E-state index is 0.136. The predicted octanol–water partition coefficient (Wildman–Crippen LogP) is 1.36. The maximum Gasteiger partial charge on any atom is 0.262 e. The summed E-state index contributed by atoms with van der Waals surface area (Å²) < 4.78 is 0. The molecule has 0 spiro atoms. The zero-order valence-corrected chi connectivity index (χ0v) is 12.5. The minimum Gasteiger partial charge on any atom is -0.295 e. The van der Waals surface area contributed by atoms with Gasteiger partial charge in [0.25, 0.3) is 11.8 Å². The topological polar surface area (TPSA) is 83.6 Å². The molecule has 1 aromatic carbocycles. The van der Waals surface area contributed by atoms with Crippen molar-refractivity contribution in [3.8, 4) is 0 Å². The van der Waals surface area contributed by atoms with Crippen LogP contribution in [-0.4, -0.2) is 34.6 Å². The fraction of sp³-hybridized carbons (Fsp3) is 0.412. The number of carbonyl (C=O) groups excluding carboxylic acids is 4. The van der Waals surface area contributed by atoms with E-state index >= 15 is 0 Å². The van der Waals surface area contributed by atoms with E-state index in [2.05, 4.69) is 5.32 Å². The van der Waals surface area contributed by atoms with Crippen LogP contribution in [0.5, 0.6) is 0 Å². The van der Waals surface area contributed by atoms with Crippen molar-refractivity contribution in [3.05, 3.63) is 34.9 Å². The van der Waals surface area contributed by atoms with Crippen molar-refractivity contribution >= 4 is 23.6 Å². The van der Waals surface area contributed by atoms with Gasteiger partial charge in [0.1, 0.15) is 6.04 Å². The van der Waals surface area contributed by atoms with Gasteiger partial charge in [-0.1, -0.05) is 12.5 Å². The van der Waals surface area contributed by atoms with Gasteiger partial charge < -0.3 is 0 Å². The monoisotopic (exact) mass is 312 g/mol. The lowest BCUT2D eigenvalue weighted by atomic mass is 9.79. The molecule has 1 aromatic rings. The van der Waals surface area contributed by atoms with E-state index in [-0.39, 0.29) is 18.7 Å². The maximum atomic E-state index is 12.7. The standard InChI is InChI=1S/C17H16N2O4/c20-14-7-6-13(15(21)18-14)19-16(22)11-5-4-10(9-2-1-3-9)8-12(11)17(19)23/h4-5,8-9,13H,1-3,6-7H2,(H,18,20,21). The van der Waals surface area contributed by atoms with Crippen LogP contribution >= 0.6 is 0 Å². The van der Waals surface area contributed by atoms with E-state index in [1.165, 1.54) is 6.42 Å². The molecule has 3 aliphatic rings. The summed E-state index contributed by atoms with van der Waals surface area (Å²) in [6, 6.07) is 4.49. The highest BCUT2D eigenvalue weighted by Crippen LogP contribution is 2.38. The Kier molecular flexibility index (Phi) is 3.07. The van der Waals surface area contributed by atoms with Gasteiger partial charge in [-0.25, -0.2) is 0 Å². The third-order valence-corrected chi connectivity index (χ3v) is 5.04. The molecule has 1 saturated heterocycles. The fourth-order valence-corrected chi connectivity index (χ4v) is 3.48. The van der Waals surface area contributed by atoms with Crippen molar-refractivity contribution < 1.29 is 19.2 Å². The quantitative estimate of drug-likeness (QED) is 0.836. The molecule has 2 aliphatic heterocycles. The molecule has 1 saturated carbocycles. The smallest absolute Gasteiger partial charge is 0.262 e. The number of amides is 4. The second kappa shape index (κ2) is 5.01. The summed E-state index contributed by atoms with van der Waals surface area (Å²) in [6.45, 7) is 0. The average molecular weight is 312 g/mol. The van der Waals surface area contributed by atoms with Crippen LogP contribution in [-0.2, 0) is 9.59 Å². The summed E-state index contributed by atoms with van der Waals surface area (Å²) in [5.74, 6) is -1.35. The van der Waals surface area contributed by atoms with Crippen LogP contribution in [0.3, 0.4) is 0 Å². The number of hydrogen-bond acceptors (Lipinski definition) is 4. The Bertz CT molecular complexity index is 751. The third-order valence-electron chi connectivity index (χ3n) is 5.04. The minimum atomic E-state index is -0.896. The van der Waals surface area contributed by atoms with Crippen LogP contribution in [0.2, 0.25) is 0 Å². The molecule has 6 heteroatoms. The maximum absolute atomic E-state index is 12.7. The van der Waals surface area contributed by atoms with E-state index in [4.69, 9.17) is 0 Å². The first-order valence-electron chi connectivity index (χ1n) is 7.92. The predicted molar refractivity (Wildman–Crippen MR) is 79.7 cm³/mol. The van der Waals surface area contributed by atoms with Crippen LogP contribution in [0.1, 0.15) is 64.3 Å². The highest BCUT2D eigenvalue weighted by Gasteiger charge is 2.44. The van der Waals surface area contributed by atoms with E-state index in [0.29, 0.717) is 17.0 Å². The van der Waals surface area contributed by atoms with E-state index in [1.54, 1.807) is 12.1 Å². The largest absolute Gasteiger partial charge is 0.295 e. The fourth-order valence-electron chi connectivity index (χ4n) is 3.48. The van der Waals surface area contributed by atoms with Crippen LogP contribution in [0.4, 0.5) is 0 Å². The zero-order valence-electron chi connectivity index (χ0n) is 12.5. The Balaban J connectivity index is 1.66. The number of carbonyl (C=O) groups is 4. The number of rotatable bonds is 2. The van der Waals surface area contributed by atoms with Gasteiger partial charge in [-0.15, -0.1) is 0 Å². The second-order valence-corrected chi connectivity index (χ2v) is 6.38. The molecular formula is C17H16N2O4. The molecule has 1 aliphatic carbocycles.